The first-order valence-electron chi connectivity index (χ1n) is 9.19. The van der Waals surface area contributed by atoms with Crippen LogP contribution in [0.5, 0.6) is 17.4 Å². The summed E-state index contributed by atoms with van der Waals surface area (Å²) in [6, 6.07) is 10.4. The summed E-state index contributed by atoms with van der Waals surface area (Å²) in [6.07, 6.45) is 0. The van der Waals surface area contributed by atoms with E-state index < -0.39 is 14.0 Å². The maximum absolute atomic E-state index is 11.8. The van der Waals surface area contributed by atoms with Crippen molar-refractivity contribution in [2.24, 2.45) is 5.41 Å². The second-order valence-electron chi connectivity index (χ2n) is 8.43. The van der Waals surface area contributed by atoms with Gasteiger partial charge >= 0.3 is 5.97 Å². The molecule has 0 radical (unpaired) electrons. The lowest BCUT2D eigenvalue weighted by Gasteiger charge is -2.31. The van der Waals surface area contributed by atoms with Gasteiger partial charge in [0.25, 0.3) is 5.95 Å². The van der Waals surface area contributed by atoms with Crippen LogP contribution in [0.2, 0.25) is 19.1 Å². The number of hydrogen-bond donors (Lipinski definition) is 0. The summed E-state index contributed by atoms with van der Waals surface area (Å²) in [7, 11) is -0.0599. The van der Waals surface area contributed by atoms with Crippen LogP contribution in [-0.4, -0.2) is 27.8 Å². The standard InChI is InChI=1S/C21H30O5Si/c1-8-24-20(22)17-11-12-19(25-17)26-18-13-15(9-10-16(18)23-5)27(6,7)14-21(2,3)4/h9-13H,8,14H2,1-7H3. The van der Waals surface area contributed by atoms with Gasteiger partial charge in [-0.2, -0.15) is 0 Å². The van der Waals surface area contributed by atoms with Gasteiger partial charge in [0.05, 0.1) is 21.8 Å². The first kappa shape index (κ1) is 21.1. The van der Waals surface area contributed by atoms with Gasteiger partial charge in [0, 0.05) is 6.07 Å². The van der Waals surface area contributed by atoms with Crippen molar-refractivity contribution in [3.05, 3.63) is 36.1 Å². The fraction of sp³-hybridized carbons (Fsp3) is 0.476. The minimum atomic E-state index is -1.66. The van der Waals surface area contributed by atoms with E-state index in [2.05, 4.69) is 39.9 Å². The topological polar surface area (TPSA) is 57.9 Å². The molecule has 0 amide bonds. The van der Waals surface area contributed by atoms with E-state index in [1.165, 1.54) is 5.19 Å². The first-order valence-corrected chi connectivity index (χ1v) is 12.4. The van der Waals surface area contributed by atoms with Crippen LogP contribution in [0.25, 0.3) is 0 Å². The second-order valence-corrected chi connectivity index (χ2v) is 13.1. The number of carbonyl (C=O) groups excluding carboxylic acids is 1. The van der Waals surface area contributed by atoms with Crippen molar-refractivity contribution < 1.29 is 23.4 Å². The second kappa shape index (κ2) is 8.21. The number of hydrogen-bond acceptors (Lipinski definition) is 5. The number of ether oxygens (including phenoxy) is 3. The van der Waals surface area contributed by atoms with E-state index in [-0.39, 0.29) is 17.1 Å². The Kier molecular flexibility index (Phi) is 6.41. The van der Waals surface area contributed by atoms with Crippen molar-refractivity contribution in [1.29, 1.82) is 0 Å². The summed E-state index contributed by atoms with van der Waals surface area (Å²) >= 11 is 0. The van der Waals surface area contributed by atoms with E-state index in [0.717, 1.165) is 6.04 Å². The third-order valence-corrected chi connectivity index (χ3v) is 8.00. The van der Waals surface area contributed by atoms with Crippen molar-refractivity contribution in [3.8, 4) is 17.4 Å². The van der Waals surface area contributed by atoms with Gasteiger partial charge in [0.2, 0.25) is 5.76 Å². The zero-order valence-electron chi connectivity index (χ0n) is 17.3. The molecular weight excluding hydrogens is 360 g/mol. The predicted molar refractivity (Wildman–Crippen MR) is 109 cm³/mol. The normalized spacial score (nSPS) is 12.0. The van der Waals surface area contributed by atoms with Crippen molar-refractivity contribution in [1.82, 2.24) is 0 Å². The van der Waals surface area contributed by atoms with Gasteiger partial charge in [-0.05, 0) is 36.6 Å². The molecule has 0 aliphatic heterocycles. The van der Waals surface area contributed by atoms with Gasteiger partial charge in [-0.1, -0.05) is 45.1 Å². The molecule has 27 heavy (non-hydrogen) atoms. The fourth-order valence-corrected chi connectivity index (χ4v) is 7.31. The number of methoxy groups -OCH3 is 1. The van der Waals surface area contributed by atoms with Gasteiger partial charge in [0.1, 0.15) is 0 Å². The molecule has 2 aromatic rings. The number of benzene rings is 1. The molecule has 148 valence electrons. The van der Waals surface area contributed by atoms with Crippen LogP contribution in [0.4, 0.5) is 0 Å². The lowest BCUT2D eigenvalue weighted by molar-refractivity contribution is 0.0485. The Hall–Kier alpha value is -2.21. The molecule has 1 aromatic heterocycles. The monoisotopic (exact) mass is 390 g/mol. The molecule has 5 nitrogen and oxygen atoms in total. The predicted octanol–water partition coefficient (Wildman–Crippen LogP) is 5.22. The molecule has 2 rings (SSSR count). The van der Waals surface area contributed by atoms with E-state index in [1.54, 1.807) is 26.2 Å². The molecular formula is C21H30O5Si. The maximum Gasteiger partial charge on any atom is 0.374 e. The molecule has 0 N–H and O–H groups in total. The van der Waals surface area contributed by atoms with Crippen LogP contribution in [0, 0.1) is 5.41 Å². The SMILES string of the molecule is CCOC(=O)c1ccc(Oc2cc([Si](C)(C)CC(C)(C)C)ccc2OC)o1. The molecule has 0 saturated heterocycles. The molecule has 0 bridgehead atoms. The Morgan fingerprint density at radius 2 is 1.81 bits per heavy atom. The lowest BCUT2D eigenvalue weighted by atomic mass is 10.0. The average molecular weight is 391 g/mol. The van der Waals surface area contributed by atoms with Gasteiger partial charge in [-0.3, -0.25) is 0 Å². The van der Waals surface area contributed by atoms with Gasteiger partial charge in [0.15, 0.2) is 11.5 Å². The quantitative estimate of drug-likeness (QED) is 0.479. The number of esters is 1. The molecule has 0 aliphatic rings. The Morgan fingerprint density at radius 3 is 2.41 bits per heavy atom. The number of rotatable bonds is 7. The Balaban J connectivity index is 2.29. The zero-order valence-corrected chi connectivity index (χ0v) is 18.3. The van der Waals surface area contributed by atoms with Gasteiger partial charge in [-0.15, -0.1) is 0 Å². The van der Waals surface area contributed by atoms with Crippen LogP contribution < -0.4 is 14.7 Å². The Bertz CT molecular complexity index is 786. The molecule has 6 heteroatoms. The molecule has 0 saturated carbocycles. The summed E-state index contributed by atoms with van der Waals surface area (Å²) in [5.74, 6) is 1.03. The molecule has 0 spiro atoms. The minimum Gasteiger partial charge on any atom is -0.493 e. The molecule has 1 heterocycles. The van der Waals surface area contributed by atoms with Crippen LogP contribution >= 0.6 is 0 Å². The molecule has 0 aliphatic carbocycles. The molecule has 1 aromatic carbocycles. The summed E-state index contributed by atoms with van der Waals surface area (Å²) < 4.78 is 21.7. The van der Waals surface area contributed by atoms with Crippen LogP contribution in [0.1, 0.15) is 38.2 Å². The highest BCUT2D eigenvalue weighted by molar-refractivity contribution is 6.89. The summed E-state index contributed by atoms with van der Waals surface area (Å²) in [5, 5.41) is 1.28. The number of carbonyl (C=O) groups is 1. The van der Waals surface area contributed by atoms with E-state index in [0.29, 0.717) is 18.1 Å². The van der Waals surface area contributed by atoms with Gasteiger partial charge < -0.3 is 18.6 Å². The fourth-order valence-electron chi connectivity index (χ4n) is 3.40. The van der Waals surface area contributed by atoms with Crippen LogP contribution in [0.3, 0.4) is 0 Å². The van der Waals surface area contributed by atoms with Crippen molar-refractivity contribution in [2.45, 2.75) is 46.8 Å². The van der Waals surface area contributed by atoms with Crippen LogP contribution in [-0.2, 0) is 4.74 Å². The maximum atomic E-state index is 11.8. The highest BCUT2D eigenvalue weighted by atomic mass is 28.3. The van der Waals surface area contributed by atoms with Crippen molar-refractivity contribution >= 4 is 19.2 Å². The highest BCUT2D eigenvalue weighted by Crippen LogP contribution is 2.34. The van der Waals surface area contributed by atoms with Crippen molar-refractivity contribution in [2.75, 3.05) is 13.7 Å². The van der Waals surface area contributed by atoms with Crippen LogP contribution in [0.15, 0.2) is 34.7 Å². The molecule has 0 atom stereocenters. The highest BCUT2D eigenvalue weighted by Gasteiger charge is 2.30. The Labute approximate surface area is 162 Å². The van der Waals surface area contributed by atoms with Gasteiger partial charge in [-0.25, -0.2) is 4.79 Å². The lowest BCUT2D eigenvalue weighted by Crippen LogP contribution is -2.44. The average Bonchev–Trinajstić information content (AvgIpc) is 3.01. The number of furan rings is 1. The summed E-state index contributed by atoms with van der Waals surface area (Å²) in [5.41, 5.74) is 0.256. The van der Waals surface area contributed by atoms with E-state index in [9.17, 15) is 4.79 Å². The summed E-state index contributed by atoms with van der Waals surface area (Å²) in [6.45, 7) is 13.6. The molecule has 0 unspecified atom stereocenters. The van der Waals surface area contributed by atoms with E-state index >= 15 is 0 Å². The minimum absolute atomic E-state index is 0.115. The smallest absolute Gasteiger partial charge is 0.374 e. The summed E-state index contributed by atoms with van der Waals surface area (Å²) in [4.78, 5) is 11.8. The third-order valence-electron chi connectivity index (χ3n) is 4.19. The molecule has 0 fully saturated rings. The zero-order chi connectivity index (χ0) is 20.2. The van der Waals surface area contributed by atoms with Crippen molar-refractivity contribution in [3.63, 3.8) is 0 Å². The van der Waals surface area contributed by atoms with E-state index in [1.807, 2.05) is 12.1 Å². The first-order chi connectivity index (χ1) is 12.6. The third kappa shape index (κ3) is 5.63. The van der Waals surface area contributed by atoms with E-state index in [4.69, 9.17) is 18.6 Å². The Morgan fingerprint density at radius 1 is 1.11 bits per heavy atom. The largest absolute Gasteiger partial charge is 0.493 e.